The van der Waals surface area contributed by atoms with Gasteiger partial charge in [0.25, 0.3) is 0 Å². The Hall–Kier alpha value is -1.42. The normalized spacial score (nSPS) is 21.3. The molecule has 102 valence electrons. The van der Waals surface area contributed by atoms with Gasteiger partial charge in [-0.15, -0.1) is 0 Å². The summed E-state index contributed by atoms with van der Waals surface area (Å²) in [4.78, 5) is 6.95. The van der Waals surface area contributed by atoms with Crippen molar-refractivity contribution in [2.45, 2.75) is 33.7 Å². The molecule has 3 rings (SSSR count). The van der Waals surface area contributed by atoms with Crippen LogP contribution in [-0.2, 0) is 6.54 Å². The molecular weight excluding hydrogens is 236 g/mol. The van der Waals surface area contributed by atoms with E-state index in [1.807, 2.05) is 16.8 Å². The molecule has 0 radical (unpaired) electrons. The lowest BCUT2D eigenvalue weighted by Crippen LogP contribution is -2.25. The first-order valence-corrected chi connectivity index (χ1v) is 7.03. The molecule has 0 amide bonds. The van der Waals surface area contributed by atoms with Gasteiger partial charge in [-0.05, 0) is 24.3 Å². The smallest absolute Gasteiger partial charge is 0.154 e. The maximum atomic E-state index is 4.42. The highest BCUT2D eigenvalue weighted by molar-refractivity contribution is 5.35. The Morgan fingerprint density at radius 1 is 1.37 bits per heavy atom. The Labute approximate surface area is 114 Å². The first kappa shape index (κ1) is 12.6. The molecule has 1 aliphatic rings. The van der Waals surface area contributed by atoms with Crippen LogP contribution < -0.4 is 0 Å². The molecule has 4 nitrogen and oxygen atoms in total. The summed E-state index contributed by atoms with van der Waals surface area (Å²) in [5.41, 5.74) is 2.57. The third-order valence-electron chi connectivity index (χ3n) is 4.20. The van der Waals surface area contributed by atoms with E-state index in [9.17, 15) is 0 Å². The number of hydrogen-bond acceptors (Lipinski definition) is 3. The van der Waals surface area contributed by atoms with E-state index in [1.54, 1.807) is 6.20 Å². The minimum Gasteiger partial charge on any atom is -0.299 e. The maximum absolute atomic E-state index is 4.42. The maximum Gasteiger partial charge on any atom is 0.154 e. The van der Waals surface area contributed by atoms with Crippen molar-refractivity contribution in [3.05, 3.63) is 30.2 Å². The van der Waals surface area contributed by atoms with Crippen LogP contribution in [0.5, 0.6) is 0 Å². The predicted molar refractivity (Wildman–Crippen MR) is 75.8 cm³/mol. The molecule has 3 heterocycles. The molecule has 2 aromatic rings. The van der Waals surface area contributed by atoms with Crippen LogP contribution in [0.2, 0.25) is 0 Å². The molecule has 1 saturated heterocycles. The Balaban J connectivity index is 1.69. The number of nitrogens with zero attached hydrogens (tertiary/aromatic N) is 4. The van der Waals surface area contributed by atoms with Crippen LogP contribution in [0, 0.1) is 11.3 Å². The van der Waals surface area contributed by atoms with E-state index in [1.165, 1.54) is 25.1 Å². The topological polar surface area (TPSA) is 33.4 Å². The summed E-state index contributed by atoms with van der Waals surface area (Å²) in [7, 11) is 0. The second-order valence-electron chi connectivity index (χ2n) is 6.68. The zero-order valence-corrected chi connectivity index (χ0v) is 12.0. The molecule has 1 fully saturated rings. The van der Waals surface area contributed by atoms with Crippen molar-refractivity contribution < 1.29 is 0 Å². The summed E-state index contributed by atoms with van der Waals surface area (Å²) in [6.45, 7) is 10.4. The minimum absolute atomic E-state index is 0.416. The van der Waals surface area contributed by atoms with E-state index in [4.69, 9.17) is 0 Å². The lowest BCUT2D eigenvalue weighted by molar-refractivity contribution is 0.226. The quantitative estimate of drug-likeness (QED) is 0.830. The van der Waals surface area contributed by atoms with Gasteiger partial charge in [-0.3, -0.25) is 4.90 Å². The van der Waals surface area contributed by atoms with Crippen molar-refractivity contribution in [1.82, 2.24) is 19.5 Å². The van der Waals surface area contributed by atoms with Gasteiger partial charge in [-0.1, -0.05) is 20.8 Å². The first-order valence-electron chi connectivity index (χ1n) is 7.03. The van der Waals surface area contributed by atoms with Gasteiger partial charge in [0.15, 0.2) is 5.65 Å². The number of fused-ring (bicyclic) bond motifs is 1. The fraction of sp³-hybridized carbons (Fsp3) is 0.600. The van der Waals surface area contributed by atoms with Gasteiger partial charge in [0.2, 0.25) is 0 Å². The highest BCUT2D eigenvalue weighted by Gasteiger charge is 2.31. The Bertz CT molecular complexity index is 567. The molecule has 1 atom stereocenters. The molecule has 0 N–H and O–H groups in total. The fourth-order valence-corrected chi connectivity index (χ4v) is 2.87. The summed E-state index contributed by atoms with van der Waals surface area (Å²) in [5, 5.41) is 4.24. The summed E-state index contributed by atoms with van der Waals surface area (Å²) >= 11 is 0. The van der Waals surface area contributed by atoms with E-state index < -0.39 is 0 Å². The molecule has 0 aliphatic carbocycles. The molecule has 0 saturated carbocycles. The average molecular weight is 258 g/mol. The zero-order chi connectivity index (χ0) is 13.5. The molecule has 4 heteroatoms. The van der Waals surface area contributed by atoms with Crippen molar-refractivity contribution in [3.63, 3.8) is 0 Å². The molecule has 1 aliphatic heterocycles. The Kier molecular flexibility index (Phi) is 3.05. The fourth-order valence-electron chi connectivity index (χ4n) is 2.87. The minimum atomic E-state index is 0.416. The van der Waals surface area contributed by atoms with E-state index in [0.29, 0.717) is 5.41 Å². The standard InChI is InChI=1S/C15H22N4/c1-15(2,3)13-5-7-18(11-13)9-12-8-16-14-4-6-17-19(14)10-12/h4,6,8,10,13H,5,7,9,11H2,1-3H3. The number of rotatable bonds is 2. The lowest BCUT2D eigenvalue weighted by Gasteiger charge is -2.27. The second kappa shape index (κ2) is 4.60. The zero-order valence-electron chi connectivity index (χ0n) is 12.0. The Morgan fingerprint density at radius 3 is 2.95 bits per heavy atom. The molecular formula is C15H22N4. The summed E-state index contributed by atoms with van der Waals surface area (Å²) in [6, 6.07) is 1.93. The van der Waals surface area contributed by atoms with Crippen LogP contribution in [0.15, 0.2) is 24.7 Å². The summed E-state index contributed by atoms with van der Waals surface area (Å²) in [5.74, 6) is 0.800. The van der Waals surface area contributed by atoms with Crippen LogP contribution in [-0.4, -0.2) is 32.6 Å². The van der Waals surface area contributed by atoms with Crippen molar-refractivity contribution in [1.29, 1.82) is 0 Å². The first-order chi connectivity index (χ1) is 9.02. The van der Waals surface area contributed by atoms with Crippen molar-refractivity contribution in [2.75, 3.05) is 13.1 Å². The highest BCUT2D eigenvalue weighted by atomic mass is 15.2. The number of likely N-dealkylation sites (tertiary alicyclic amines) is 1. The SMILES string of the molecule is CC(C)(C)C1CCN(Cc2cnc3ccnn3c2)C1. The van der Waals surface area contributed by atoms with E-state index in [2.05, 4.69) is 42.0 Å². The van der Waals surface area contributed by atoms with Gasteiger partial charge >= 0.3 is 0 Å². The molecule has 0 aromatic carbocycles. The van der Waals surface area contributed by atoms with Gasteiger partial charge in [0.1, 0.15) is 0 Å². The molecule has 2 aromatic heterocycles. The third-order valence-corrected chi connectivity index (χ3v) is 4.20. The van der Waals surface area contributed by atoms with Crippen LogP contribution >= 0.6 is 0 Å². The van der Waals surface area contributed by atoms with Crippen molar-refractivity contribution >= 4 is 5.65 Å². The van der Waals surface area contributed by atoms with Crippen LogP contribution in [0.4, 0.5) is 0 Å². The summed E-state index contributed by atoms with van der Waals surface area (Å²) in [6.07, 6.45) is 7.16. The summed E-state index contributed by atoms with van der Waals surface area (Å²) < 4.78 is 1.85. The van der Waals surface area contributed by atoms with Crippen LogP contribution in [0.25, 0.3) is 5.65 Å². The third kappa shape index (κ3) is 2.63. The lowest BCUT2D eigenvalue weighted by atomic mass is 9.80. The molecule has 0 bridgehead atoms. The Morgan fingerprint density at radius 2 is 2.21 bits per heavy atom. The van der Waals surface area contributed by atoms with Crippen LogP contribution in [0.1, 0.15) is 32.8 Å². The predicted octanol–water partition coefficient (Wildman–Crippen LogP) is 2.60. The average Bonchev–Trinajstić information content (AvgIpc) is 2.95. The van der Waals surface area contributed by atoms with Gasteiger partial charge in [0.05, 0.1) is 6.20 Å². The number of aromatic nitrogens is 3. The van der Waals surface area contributed by atoms with Crippen molar-refractivity contribution in [2.24, 2.45) is 11.3 Å². The van der Waals surface area contributed by atoms with Gasteiger partial charge in [-0.25, -0.2) is 9.50 Å². The second-order valence-corrected chi connectivity index (χ2v) is 6.68. The van der Waals surface area contributed by atoms with Gasteiger partial charge in [0, 0.05) is 37.1 Å². The van der Waals surface area contributed by atoms with E-state index in [-0.39, 0.29) is 0 Å². The monoisotopic (exact) mass is 258 g/mol. The van der Waals surface area contributed by atoms with E-state index in [0.717, 1.165) is 18.1 Å². The van der Waals surface area contributed by atoms with Crippen LogP contribution in [0.3, 0.4) is 0 Å². The largest absolute Gasteiger partial charge is 0.299 e. The van der Waals surface area contributed by atoms with Gasteiger partial charge in [-0.2, -0.15) is 5.10 Å². The van der Waals surface area contributed by atoms with Gasteiger partial charge < -0.3 is 0 Å². The van der Waals surface area contributed by atoms with E-state index >= 15 is 0 Å². The highest BCUT2D eigenvalue weighted by Crippen LogP contribution is 2.33. The molecule has 0 spiro atoms. The molecule has 19 heavy (non-hydrogen) atoms. The molecule has 1 unspecified atom stereocenters. The number of hydrogen-bond donors (Lipinski definition) is 0. The van der Waals surface area contributed by atoms with Crippen molar-refractivity contribution in [3.8, 4) is 0 Å².